The lowest BCUT2D eigenvalue weighted by atomic mass is 9.89. The van der Waals surface area contributed by atoms with E-state index in [1.54, 1.807) is 25.5 Å². The largest absolute Gasteiger partial charge is 0.464 e. The Kier molecular flexibility index (Phi) is 7.44. The first kappa shape index (κ1) is 29.4. The van der Waals surface area contributed by atoms with E-state index in [2.05, 4.69) is 10.1 Å². The maximum atomic E-state index is 15.4. The molecular weight excluding hydrogens is 552 g/mol. The number of hydrogen-bond donors (Lipinski definition) is 2. The first-order valence-corrected chi connectivity index (χ1v) is 13.6. The van der Waals surface area contributed by atoms with Crippen molar-refractivity contribution < 1.29 is 37.7 Å². The summed E-state index contributed by atoms with van der Waals surface area (Å²) in [7, 11) is 0. The summed E-state index contributed by atoms with van der Waals surface area (Å²) < 4.78 is 48.7. The molecule has 1 saturated heterocycles. The minimum atomic E-state index is -1.67. The third-order valence-corrected chi connectivity index (χ3v) is 7.11. The predicted molar refractivity (Wildman–Crippen MR) is 151 cm³/mol. The number of rotatable bonds is 4. The minimum Gasteiger partial charge on any atom is -0.464 e. The van der Waals surface area contributed by atoms with Crippen molar-refractivity contribution >= 4 is 40.2 Å². The van der Waals surface area contributed by atoms with Gasteiger partial charge in [0.15, 0.2) is 11.6 Å². The average Bonchev–Trinajstić information content (AvgIpc) is 3.51. The molecule has 2 amide bonds. The zero-order valence-electron chi connectivity index (χ0n) is 24.0. The molecule has 0 saturated carbocycles. The number of carboxylic acid groups (broad SMARTS) is 1. The fraction of sp³-hybridized carbons (Fsp3) is 0.448. The quantitative estimate of drug-likeness (QED) is 0.339. The Morgan fingerprint density at radius 1 is 1.17 bits per heavy atom. The molecule has 42 heavy (non-hydrogen) atoms. The second-order valence-corrected chi connectivity index (χ2v) is 11.6. The Hall–Kier alpha value is -4.10. The van der Waals surface area contributed by atoms with Gasteiger partial charge in [-0.1, -0.05) is 6.08 Å². The zero-order valence-corrected chi connectivity index (χ0v) is 24.0. The molecule has 0 radical (unpaired) electrons. The van der Waals surface area contributed by atoms with Gasteiger partial charge in [-0.25, -0.2) is 23.4 Å². The lowest BCUT2D eigenvalue weighted by Crippen LogP contribution is -2.40. The number of nitrogens with two attached hydrogens (primary N) is 1. The number of allylic oxidation sites excluding steroid dienone is 1. The van der Waals surface area contributed by atoms with Crippen LogP contribution in [0.3, 0.4) is 0 Å². The van der Waals surface area contributed by atoms with E-state index >= 15 is 4.39 Å². The van der Waals surface area contributed by atoms with Crippen LogP contribution in [0.5, 0.6) is 0 Å². The maximum Gasteiger partial charge on any atom is 0.425 e. The summed E-state index contributed by atoms with van der Waals surface area (Å²) in [5.41, 5.74) is 5.63. The highest BCUT2D eigenvalue weighted by Crippen LogP contribution is 2.44. The van der Waals surface area contributed by atoms with E-state index < -0.39 is 40.9 Å². The van der Waals surface area contributed by atoms with Gasteiger partial charge in [0.2, 0.25) is 0 Å². The Morgan fingerprint density at radius 2 is 1.86 bits per heavy atom. The molecule has 1 aliphatic carbocycles. The molecule has 11 nitrogen and oxygen atoms in total. The van der Waals surface area contributed by atoms with Crippen LogP contribution in [0.2, 0.25) is 0 Å². The van der Waals surface area contributed by atoms with E-state index in [0.29, 0.717) is 48.5 Å². The lowest BCUT2D eigenvalue weighted by Gasteiger charge is -2.31. The van der Waals surface area contributed by atoms with Crippen LogP contribution in [0.15, 0.2) is 24.4 Å². The van der Waals surface area contributed by atoms with Crippen molar-refractivity contribution in [3.63, 3.8) is 0 Å². The van der Waals surface area contributed by atoms with Gasteiger partial charge >= 0.3 is 12.2 Å². The number of halogens is 2. The van der Waals surface area contributed by atoms with E-state index in [1.807, 2.05) is 19.9 Å². The molecule has 0 bridgehead atoms. The summed E-state index contributed by atoms with van der Waals surface area (Å²) in [6.45, 7) is 9.46. The van der Waals surface area contributed by atoms with Crippen LogP contribution < -0.4 is 10.6 Å². The normalized spacial score (nSPS) is 16.7. The lowest BCUT2D eigenvalue weighted by molar-refractivity contribution is -0.159. The summed E-state index contributed by atoms with van der Waals surface area (Å²) in [4.78, 5) is 30.5. The molecule has 1 fully saturated rings. The topological polar surface area (TPSA) is 142 Å². The number of fused-ring (bicyclic) bond motifs is 1. The number of ether oxygens (including phenoxy) is 3. The third-order valence-electron chi connectivity index (χ3n) is 7.11. The molecular formula is C29H33F2N5O6. The first-order valence-electron chi connectivity index (χ1n) is 13.6. The monoisotopic (exact) mass is 585 g/mol. The number of imide groups is 1. The van der Waals surface area contributed by atoms with Crippen LogP contribution in [0.25, 0.3) is 27.7 Å². The van der Waals surface area contributed by atoms with Crippen LogP contribution in [0.1, 0.15) is 65.5 Å². The SMILES string of the molecule is CC(C)n1nc(-c2cc(F)c(N)cc2F)c2c(N(C(=O)O)C(=O)OC(C)(C)C)ncc(C3=CCC4(CC3)OCCO4)c21. The van der Waals surface area contributed by atoms with E-state index in [1.165, 1.54) is 6.20 Å². The van der Waals surface area contributed by atoms with Crippen molar-refractivity contribution in [2.45, 2.75) is 71.3 Å². The van der Waals surface area contributed by atoms with E-state index in [9.17, 15) is 19.1 Å². The van der Waals surface area contributed by atoms with Crippen LogP contribution in [0.4, 0.5) is 29.9 Å². The number of hydrogen-bond acceptors (Lipinski definition) is 8. The van der Waals surface area contributed by atoms with Gasteiger partial charge in [0.25, 0.3) is 0 Å². The molecule has 0 atom stereocenters. The molecule has 1 aliphatic heterocycles. The highest BCUT2D eigenvalue weighted by Gasteiger charge is 2.39. The summed E-state index contributed by atoms with van der Waals surface area (Å²) in [6, 6.07) is 1.41. The summed E-state index contributed by atoms with van der Waals surface area (Å²) >= 11 is 0. The number of nitrogen functional groups attached to an aromatic ring is 1. The van der Waals surface area contributed by atoms with Gasteiger partial charge in [-0.15, -0.1) is 0 Å². The first-order chi connectivity index (χ1) is 19.7. The molecule has 2 aromatic heterocycles. The predicted octanol–water partition coefficient (Wildman–Crippen LogP) is 6.27. The van der Waals surface area contributed by atoms with Crippen LogP contribution in [-0.4, -0.2) is 56.7 Å². The summed E-state index contributed by atoms with van der Waals surface area (Å²) in [5.74, 6) is -2.82. The van der Waals surface area contributed by atoms with Gasteiger partial charge in [-0.05, 0) is 52.7 Å². The molecule has 2 aliphatic rings. The Morgan fingerprint density at radius 3 is 2.43 bits per heavy atom. The maximum absolute atomic E-state index is 15.4. The van der Waals surface area contributed by atoms with Gasteiger partial charge in [0, 0.05) is 42.3 Å². The minimum absolute atomic E-state index is 0.0343. The van der Waals surface area contributed by atoms with Crippen LogP contribution in [-0.2, 0) is 14.2 Å². The highest BCUT2D eigenvalue weighted by molar-refractivity contribution is 6.16. The number of pyridine rings is 1. The number of aromatic nitrogens is 3. The molecule has 224 valence electrons. The molecule has 3 N–H and O–H groups in total. The number of carbonyl (C=O) groups is 2. The van der Waals surface area contributed by atoms with Gasteiger partial charge in [-0.3, -0.25) is 4.68 Å². The Balaban J connectivity index is 1.81. The van der Waals surface area contributed by atoms with Crippen molar-refractivity contribution in [2.75, 3.05) is 23.8 Å². The fourth-order valence-corrected chi connectivity index (χ4v) is 5.24. The number of anilines is 2. The molecule has 0 unspecified atom stereocenters. The Bertz CT molecular complexity index is 1600. The molecule has 13 heteroatoms. The van der Waals surface area contributed by atoms with Gasteiger partial charge in [0.1, 0.15) is 22.9 Å². The van der Waals surface area contributed by atoms with E-state index in [-0.39, 0.29) is 28.5 Å². The molecule has 1 aromatic carbocycles. The van der Waals surface area contributed by atoms with Crippen LogP contribution >= 0.6 is 0 Å². The van der Waals surface area contributed by atoms with Crippen molar-refractivity contribution in [1.29, 1.82) is 0 Å². The van der Waals surface area contributed by atoms with E-state index in [4.69, 9.17) is 19.9 Å². The Labute approximate surface area is 240 Å². The third kappa shape index (κ3) is 5.29. The average molecular weight is 586 g/mol. The van der Waals surface area contributed by atoms with Crippen LogP contribution in [0, 0.1) is 11.6 Å². The number of benzene rings is 1. The molecule has 3 heterocycles. The fourth-order valence-electron chi connectivity index (χ4n) is 5.24. The number of carbonyl (C=O) groups excluding carboxylic acids is 1. The zero-order chi connectivity index (χ0) is 30.6. The van der Waals surface area contributed by atoms with Crippen molar-refractivity contribution in [2.24, 2.45) is 0 Å². The number of amides is 2. The summed E-state index contributed by atoms with van der Waals surface area (Å²) in [6.07, 6.45) is 2.13. The van der Waals surface area contributed by atoms with Crippen molar-refractivity contribution in [3.8, 4) is 11.3 Å². The van der Waals surface area contributed by atoms with E-state index in [0.717, 1.165) is 17.7 Å². The smallest absolute Gasteiger partial charge is 0.425 e. The molecule has 3 aromatic rings. The number of nitrogens with zero attached hydrogens (tertiary/aromatic N) is 4. The second-order valence-electron chi connectivity index (χ2n) is 11.6. The molecule has 1 spiro atoms. The van der Waals surface area contributed by atoms with Gasteiger partial charge in [0.05, 0.1) is 29.8 Å². The standard InChI is InChI=1S/C29H33F2N5O6/c1-15(2)36-24-18(16-6-8-29(9-7-16)40-10-11-41-29)14-33-25(35(26(37)38)27(39)42-28(3,4)5)22(24)23(34-36)17-12-20(31)21(32)13-19(17)30/h6,12-15H,7-11,32H2,1-5H3,(H,37,38). The van der Waals surface area contributed by atoms with Crippen molar-refractivity contribution in [3.05, 3.63) is 41.6 Å². The van der Waals surface area contributed by atoms with Gasteiger partial charge < -0.3 is 25.1 Å². The highest BCUT2D eigenvalue weighted by atomic mass is 19.1. The molecule has 5 rings (SSSR count). The second kappa shape index (κ2) is 10.6. The van der Waals surface area contributed by atoms with Gasteiger partial charge in [-0.2, -0.15) is 10.00 Å². The summed E-state index contributed by atoms with van der Waals surface area (Å²) in [5, 5.41) is 14.8. The van der Waals surface area contributed by atoms with Crippen molar-refractivity contribution in [1.82, 2.24) is 14.8 Å².